The quantitative estimate of drug-likeness (QED) is 0.391. The molecule has 9 heteroatoms. The second kappa shape index (κ2) is 6.31. The zero-order valence-electron chi connectivity index (χ0n) is 11.6. The molecule has 4 atom stereocenters. The molecule has 0 unspecified atom stereocenters. The van der Waals surface area contributed by atoms with Crippen LogP contribution in [0.3, 0.4) is 0 Å². The van der Waals surface area contributed by atoms with E-state index in [0.717, 1.165) is 10.4 Å². The largest absolute Gasteiger partial charge is 0.394 e. The smallest absolute Gasteiger partial charge is 0.181 e. The summed E-state index contributed by atoms with van der Waals surface area (Å²) in [5.41, 5.74) is 0.497. The lowest BCUT2D eigenvalue weighted by Crippen LogP contribution is -2.33. The Balaban J connectivity index is 1.97. The van der Waals surface area contributed by atoms with E-state index < -0.39 is 24.5 Å². The summed E-state index contributed by atoms with van der Waals surface area (Å²) >= 11 is 1.50. The van der Waals surface area contributed by atoms with E-state index in [-0.39, 0.29) is 6.61 Å². The summed E-state index contributed by atoms with van der Waals surface area (Å²) in [7, 11) is 0. The fourth-order valence-corrected chi connectivity index (χ4v) is 3.06. The van der Waals surface area contributed by atoms with Gasteiger partial charge in [0, 0.05) is 5.75 Å². The van der Waals surface area contributed by atoms with Gasteiger partial charge in [-0.3, -0.25) is 0 Å². The summed E-state index contributed by atoms with van der Waals surface area (Å²) in [5, 5.41) is 34.8. The van der Waals surface area contributed by atoms with Crippen LogP contribution < -0.4 is 0 Å². The van der Waals surface area contributed by atoms with Crippen LogP contribution in [-0.4, -0.2) is 65.7 Å². The second-order valence-corrected chi connectivity index (χ2v) is 5.84. The van der Waals surface area contributed by atoms with Gasteiger partial charge in [0.05, 0.1) is 18.2 Å². The lowest BCUT2D eigenvalue weighted by atomic mass is 10.1. The molecule has 3 rings (SSSR count). The van der Waals surface area contributed by atoms with Gasteiger partial charge >= 0.3 is 0 Å². The van der Waals surface area contributed by atoms with Gasteiger partial charge in [-0.05, 0) is 0 Å². The van der Waals surface area contributed by atoms with E-state index in [2.05, 4.69) is 21.6 Å². The number of hydrogen-bond acceptors (Lipinski definition) is 8. The lowest BCUT2D eigenvalue weighted by Gasteiger charge is -2.15. The normalized spacial score (nSPS) is 28.3. The number of aliphatic hydroxyl groups excluding tert-OH is 3. The first-order chi connectivity index (χ1) is 10.7. The first-order valence-corrected chi connectivity index (χ1v) is 7.70. The van der Waals surface area contributed by atoms with Gasteiger partial charge in [-0.2, -0.15) is 5.10 Å². The first kappa shape index (κ1) is 15.4. The third-order valence-corrected chi connectivity index (χ3v) is 4.45. The van der Waals surface area contributed by atoms with Gasteiger partial charge in [0.25, 0.3) is 0 Å². The molecule has 1 saturated heterocycles. The Kier molecular flexibility index (Phi) is 4.41. The summed E-state index contributed by atoms with van der Waals surface area (Å²) in [6.45, 7) is 3.28. The minimum absolute atomic E-state index is 0.386. The van der Waals surface area contributed by atoms with Gasteiger partial charge in [-0.25, -0.2) is 14.6 Å². The van der Waals surface area contributed by atoms with E-state index in [1.165, 1.54) is 22.8 Å². The number of rotatable bonds is 5. The SMILES string of the molecule is C=CCSc1ncnc2c1cnn2[C@@H]1O[C@H](CO)[C@@H](O)[C@H]1O. The summed E-state index contributed by atoms with van der Waals surface area (Å²) in [6.07, 6.45) is 0.648. The van der Waals surface area contributed by atoms with Crippen LogP contribution in [0.4, 0.5) is 0 Å². The van der Waals surface area contributed by atoms with Crippen molar-refractivity contribution in [3.8, 4) is 0 Å². The molecule has 0 amide bonds. The molecule has 118 valence electrons. The van der Waals surface area contributed by atoms with Gasteiger partial charge < -0.3 is 20.1 Å². The van der Waals surface area contributed by atoms with Crippen molar-refractivity contribution in [2.24, 2.45) is 0 Å². The topological polar surface area (TPSA) is 114 Å². The predicted molar refractivity (Wildman–Crippen MR) is 79.3 cm³/mol. The molecule has 3 heterocycles. The Morgan fingerprint density at radius 1 is 1.36 bits per heavy atom. The minimum Gasteiger partial charge on any atom is -0.394 e. The summed E-state index contributed by atoms with van der Waals surface area (Å²) < 4.78 is 6.88. The standard InChI is InChI=1S/C13H16N4O4S/c1-2-3-22-12-7-4-16-17(11(7)14-6-15-12)13-10(20)9(19)8(5-18)21-13/h2,4,6,8-10,13,18-20H,1,3,5H2/t8-,9-,10-,13-/m1/s1. The van der Waals surface area contributed by atoms with E-state index >= 15 is 0 Å². The molecule has 1 aliphatic heterocycles. The van der Waals surface area contributed by atoms with Crippen LogP contribution in [0, 0.1) is 0 Å². The minimum atomic E-state index is -1.19. The molecule has 1 aliphatic rings. The Hall–Kier alpha value is -1.52. The van der Waals surface area contributed by atoms with Crippen molar-refractivity contribution in [1.29, 1.82) is 0 Å². The van der Waals surface area contributed by atoms with Gasteiger partial charge in [0.15, 0.2) is 11.9 Å². The molecule has 3 N–H and O–H groups in total. The Morgan fingerprint density at radius 3 is 2.86 bits per heavy atom. The molecule has 22 heavy (non-hydrogen) atoms. The van der Waals surface area contributed by atoms with Crippen LogP contribution in [0.1, 0.15) is 6.23 Å². The number of thioether (sulfide) groups is 1. The highest BCUT2D eigenvalue weighted by Gasteiger charge is 2.44. The monoisotopic (exact) mass is 324 g/mol. The second-order valence-electron chi connectivity index (χ2n) is 4.83. The molecule has 0 bridgehead atoms. The van der Waals surface area contributed by atoms with E-state index in [9.17, 15) is 10.2 Å². The van der Waals surface area contributed by atoms with E-state index in [1.54, 1.807) is 12.3 Å². The fraction of sp³-hybridized carbons (Fsp3) is 0.462. The van der Waals surface area contributed by atoms with Gasteiger partial charge in [0.1, 0.15) is 29.7 Å². The van der Waals surface area contributed by atoms with Crippen molar-refractivity contribution < 1.29 is 20.1 Å². The van der Waals surface area contributed by atoms with Crippen molar-refractivity contribution in [2.45, 2.75) is 29.6 Å². The van der Waals surface area contributed by atoms with Crippen LogP contribution in [0.2, 0.25) is 0 Å². The molecule has 8 nitrogen and oxygen atoms in total. The number of fused-ring (bicyclic) bond motifs is 1. The molecule has 0 aliphatic carbocycles. The van der Waals surface area contributed by atoms with Crippen molar-refractivity contribution in [1.82, 2.24) is 19.7 Å². The molecular weight excluding hydrogens is 308 g/mol. The van der Waals surface area contributed by atoms with Gasteiger partial charge in [-0.15, -0.1) is 18.3 Å². The summed E-state index contributed by atoms with van der Waals surface area (Å²) in [4.78, 5) is 8.39. The third kappa shape index (κ3) is 2.50. The molecule has 0 saturated carbocycles. The molecular formula is C13H16N4O4S. The zero-order chi connectivity index (χ0) is 15.7. The summed E-state index contributed by atoms with van der Waals surface area (Å²) in [5.74, 6) is 0.700. The van der Waals surface area contributed by atoms with Crippen LogP contribution in [-0.2, 0) is 4.74 Å². The predicted octanol–water partition coefficient (Wildman–Crippen LogP) is -0.284. The van der Waals surface area contributed by atoms with E-state index in [4.69, 9.17) is 9.84 Å². The molecule has 1 fully saturated rings. The van der Waals surface area contributed by atoms with Crippen LogP contribution in [0.5, 0.6) is 0 Å². The molecule has 0 radical (unpaired) electrons. The molecule has 0 spiro atoms. The first-order valence-electron chi connectivity index (χ1n) is 6.71. The van der Waals surface area contributed by atoms with Crippen molar-refractivity contribution in [2.75, 3.05) is 12.4 Å². The third-order valence-electron chi connectivity index (χ3n) is 3.45. The lowest BCUT2D eigenvalue weighted by molar-refractivity contribution is -0.0566. The van der Waals surface area contributed by atoms with Crippen molar-refractivity contribution >= 4 is 22.8 Å². The van der Waals surface area contributed by atoms with E-state index in [1.807, 2.05) is 0 Å². The molecule has 2 aromatic heterocycles. The highest BCUT2D eigenvalue weighted by atomic mass is 32.2. The van der Waals surface area contributed by atoms with Crippen LogP contribution >= 0.6 is 11.8 Å². The maximum absolute atomic E-state index is 10.1. The van der Waals surface area contributed by atoms with Gasteiger partial charge in [0.2, 0.25) is 0 Å². The Morgan fingerprint density at radius 2 is 2.18 bits per heavy atom. The van der Waals surface area contributed by atoms with Crippen molar-refractivity contribution in [3.63, 3.8) is 0 Å². The highest BCUT2D eigenvalue weighted by Crippen LogP contribution is 2.32. The number of ether oxygens (including phenoxy) is 1. The number of nitrogens with zero attached hydrogens (tertiary/aromatic N) is 4. The van der Waals surface area contributed by atoms with E-state index in [0.29, 0.717) is 11.4 Å². The zero-order valence-corrected chi connectivity index (χ0v) is 12.4. The van der Waals surface area contributed by atoms with Gasteiger partial charge in [-0.1, -0.05) is 6.08 Å². The number of aliphatic hydroxyl groups is 3. The number of hydrogen-bond donors (Lipinski definition) is 3. The average Bonchev–Trinajstić information content (AvgIpc) is 3.08. The molecule has 2 aromatic rings. The fourth-order valence-electron chi connectivity index (χ4n) is 2.36. The Labute approximate surface area is 130 Å². The maximum Gasteiger partial charge on any atom is 0.181 e. The average molecular weight is 324 g/mol. The van der Waals surface area contributed by atoms with Crippen LogP contribution in [0.15, 0.2) is 30.2 Å². The summed E-state index contributed by atoms with van der Waals surface area (Å²) in [6, 6.07) is 0. The number of aromatic nitrogens is 4. The Bertz CT molecular complexity index is 679. The van der Waals surface area contributed by atoms with Crippen LogP contribution in [0.25, 0.3) is 11.0 Å². The highest BCUT2D eigenvalue weighted by molar-refractivity contribution is 7.99. The maximum atomic E-state index is 10.1. The molecule has 0 aromatic carbocycles. The van der Waals surface area contributed by atoms with Crippen molar-refractivity contribution in [3.05, 3.63) is 25.2 Å².